The van der Waals surface area contributed by atoms with Gasteiger partial charge >= 0.3 is 0 Å². The predicted octanol–water partition coefficient (Wildman–Crippen LogP) is 3.04. The number of benzene rings is 1. The van der Waals surface area contributed by atoms with Crippen LogP contribution in [0.2, 0.25) is 0 Å². The zero-order chi connectivity index (χ0) is 14.5. The van der Waals surface area contributed by atoms with Crippen molar-refractivity contribution in [2.75, 3.05) is 13.6 Å². The third-order valence-corrected chi connectivity index (χ3v) is 3.97. The summed E-state index contributed by atoms with van der Waals surface area (Å²) in [5.74, 6) is -0.0539. The van der Waals surface area contributed by atoms with Gasteiger partial charge in [0.2, 0.25) is 0 Å². The zero-order valence-corrected chi connectivity index (χ0v) is 11.7. The van der Waals surface area contributed by atoms with Crippen molar-refractivity contribution >= 4 is 11.5 Å². The van der Waals surface area contributed by atoms with E-state index in [2.05, 4.69) is 4.90 Å². The quantitative estimate of drug-likeness (QED) is 0.471. The molecule has 0 N–H and O–H groups in total. The molecule has 1 saturated carbocycles. The SMILES string of the molecule is CN(CC(=O)c1cccc([N+](=O)[O-])c1)C1CCCCC1. The van der Waals surface area contributed by atoms with Gasteiger partial charge in [-0.1, -0.05) is 31.4 Å². The van der Waals surface area contributed by atoms with Crippen molar-refractivity contribution in [3.63, 3.8) is 0 Å². The zero-order valence-electron chi connectivity index (χ0n) is 11.7. The van der Waals surface area contributed by atoms with E-state index in [0.29, 0.717) is 18.2 Å². The fourth-order valence-corrected chi connectivity index (χ4v) is 2.76. The lowest BCUT2D eigenvalue weighted by atomic mass is 9.94. The van der Waals surface area contributed by atoms with Crippen molar-refractivity contribution in [2.24, 2.45) is 0 Å². The van der Waals surface area contributed by atoms with E-state index in [4.69, 9.17) is 0 Å². The van der Waals surface area contributed by atoms with Crippen molar-refractivity contribution in [3.8, 4) is 0 Å². The first-order valence-electron chi connectivity index (χ1n) is 7.06. The summed E-state index contributed by atoms with van der Waals surface area (Å²) in [5.41, 5.74) is 0.387. The summed E-state index contributed by atoms with van der Waals surface area (Å²) in [6.45, 7) is 0.325. The van der Waals surface area contributed by atoms with Crippen molar-refractivity contribution < 1.29 is 9.72 Å². The van der Waals surface area contributed by atoms with Crippen molar-refractivity contribution in [1.29, 1.82) is 0 Å². The molecular formula is C15H20N2O3. The Morgan fingerprint density at radius 3 is 2.70 bits per heavy atom. The number of nitrogens with zero attached hydrogens (tertiary/aromatic N) is 2. The van der Waals surface area contributed by atoms with Gasteiger partial charge in [0.1, 0.15) is 0 Å². The Morgan fingerprint density at radius 1 is 1.35 bits per heavy atom. The van der Waals surface area contributed by atoms with Crippen LogP contribution in [0.15, 0.2) is 24.3 Å². The number of non-ortho nitro benzene ring substituents is 1. The van der Waals surface area contributed by atoms with Crippen LogP contribution < -0.4 is 0 Å². The molecule has 5 nitrogen and oxygen atoms in total. The number of nitro benzene ring substituents is 1. The molecule has 1 aromatic rings. The number of hydrogen-bond donors (Lipinski definition) is 0. The maximum Gasteiger partial charge on any atom is 0.270 e. The van der Waals surface area contributed by atoms with Gasteiger partial charge in [-0.2, -0.15) is 0 Å². The van der Waals surface area contributed by atoms with Gasteiger partial charge in [0.15, 0.2) is 5.78 Å². The largest absolute Gasteiger partial charge is 0.296 e. The normalized spacial score (nSPS) is 16.3. The molecule has 2 rings (SSSR count). The van der Waals surface area contributed by atoms with Crippen LogP contribution in [0.4, 0.5) is 5.69 Å². The Labute approximate surface area is 118 Å². The molecule has 0 aliphatic heterocycles. The second-order valence-electron chi connectivity index (χ2n) is 5.44. The Kier molecular flexibility index (Phi) is 4.84. The maximum absolute atomic E-state index is 12.2. The summed E-state index contributed by atoms with van der Waals surface area (Å²) in [7, 11) is 1.96. The Balaban J connectivity index is 2.00. The molecule has 1 fully saturated rings. The van der Waals surface area contributed by atoms with Gasteiger partial charge in [-0.05, 0) is 19.9 Å². The van der Waals surface area contributed by atoms with Crippen LogP contribution in [0, 0.1) is 10.1 Å². The van der Waals surface area contributed by atoms with E-state index in [-0.39, 0.29) is 11.5 Å². The molecule has 1 aliphatic rings. The number of ketones is 1. The number of hydrogen-bond acceptors (Lipinski definition) is 4. The summed E-state index contributed by atoms with van der Waals surface area (Å²) in [6.07, 6.45) is 6.00. The molecule has 0 bridgehead atoms. The summed E-state index contributed by atoms with van der Waals surface area (Å²) < 4.78 is 0. The average Bonchev–Trinajstić information content (AvgIpc) is 2.48. The van der Waals surface area contributed by atoms with Crippen LogP contribution in [-0.2, 0) is 0 Å². The second kappa shape index (κ2) is 6.61. The molecule has 0 unspecified atom stereocenters. The molecule has 1 aromatic carbocycles. The summed E-state index contributed by atoms with van der Waals surface area (Å²) in [4.78, 5) is 24.6. The van der Waals surface area contributed by atoms with E-state index in [9.17, 15) is 14.9 Å². The number of nitro groups is 1. The van der Waals surface area contributed by atoms with Gasteiger partial charge in [0, 0.05) is 23.7 Å². The molecule has 1 aliphatic carbocycles. The van der Waals surface area contributed by atoms with Crippen LogP contribution in [0.5, 0.6) is 0 Å². The lowest BCUT2D eigenvalue weighted by molar-refractivity contribution is -0.384. The Morgan fingerprint density at radius 2 is 2.05 bits per heavy atom. The Hall–Kier alpha value is -1.75. The molecule has 0 radical (unpaired) electrons. The molecule has 5 heteroatoms. The third kappa shape index (κ3) is 3.63. The molecule has 0 heterocycles. The van der Waals surface area contributed by atoms with Gasteiger partial charge in [0.05, 0.1) is 11.5 Å². The van der Waals surface area contributed by atoms with E-state index >= 15 is 0 Å². The van der Waals surface area contributed by atoms with Gasteiger partial charge in [0.25, 0.3) is 5.69 Å². The van der Waals surface area contributed by atoms with Crippen LogP contribution in [0.25, 0.3) is 0 Å². The van der Waals surface area contributed by atoms with Gasteiger partial charge < -0.3 is 0 Å². The van der Waals surface area contributed by atoms with E-state index in [0.717, 1.165) is 12.8 Å². The van der Waals surface area contributed by atoms with Crippen LogP contribution in [-0.4, -0.2) is 35.2 Å². The molecule has 0 amide bonds. The fourth-order valence-electron chi connectivity index (χ4n) is 2.76. The second-order valence-corrected chi connectivity index (χ2v) is 5.44. The van der Waals surface area contributed by atoms with E-state index in [1.54, 1.807) is 12.1 Å². The minimum atomic E-state index is -0.471. The first kappa shape index (κ1) is 14.7. The van der Waals surface area contributed by atoms with Gasteiger partial charge in [-0.3, -0.25) is 19.8 Å². The Bertz CT molecular complexity index is 496. The minimum Gasteiger partial charge on any atom is -0.296 e. The van der Waals surface area contributed by atoms with Crippen LogP contribution in [0.3, 0.4) is 0 Å². The summed E-state index contributed by atoms with van der Waals surface area (Å²) in [6, 6.07) is 6.43. The lowest BCUT2D eigenvalue weighted by Gasteiger charge is -2.30. The van der Waals surface area contributed by atoms with Crippen LogP contribution in [0.1, 0.15) is 42.5 Å². The number of Topliss-reactive ketones (excluding diaryl/α,β-unsaturated/α-hetero) is 1. The summed E-state index contributed by atoms with van der Waals surface area (Å²) >= 11 is 0. The van der Waals surface area contributed by atoms with Gasteiger partial charge in [-0.15, -0.1) is 0 Å². The van der Waals surface area contributed by atoms with Gasteiger partial charge in [-0.25, -0.2) is 0 Å². The molecule has 0 spiro atoms. The van der Waals surface area contributed by atoms with Crippen molar-refractivity contribution in [3.05, 3.63) is 39.9 Å². The lowest BCUT2D eigenvalue weighted by Crippen LogP contribution is -2.37. The van der Waals surface area contributed by atoms with Crippen molar-refractivity contribution in [2.45, 2.75) is 38.1 Å². The highest BCUT2D eigenvalue weighted by Crippen LogP contribution is 2.22. The fraction of sp³-hybridized carbons (Fsp3) is 0.533. The molecule has 108 valence electrons. The minimum absolute atomic E-state index is 0.0313. The summed E-state index contributed by atoms with van der Waals surface area (Å²) in [5, 5.41) is 10.7. The predicted molar refractivity (Wildman–Crippen MR) is 76.9 cm³/mol. The maximum atomic E-state index is 12.2. The highest BCUT2D eigenvalue weighted by Gasteiger charge is 2.21. The average molecular weight is 276 g/mol. The molecule has 0 atom stereocenters. The topological polar surface area (TPSA) is 63.5 Å². The molecule has 20 heavy (non-hydrogen) atoms. The standard InChI is InChI=1S/C15H20N2O3/c1-16(13-7-3-2-4-8-13)11-15(18)12-6-5-9-14(10-12)17(19)20/h5-6,9-10,13H,2-4,7-8,11H2,1H3. The van der Waals surface area contributed by atoms with E-state index in [1.807, 2.05) is 7.05 Å². The van der Waals surface area contributed by atoms with E-state index in [1.165, 1.54) is 31.4 Å². The highest BCUT2D eigenvalue weighted by molar-refractivity contribution is 5.98. The first-order valence-corrected chi connectivity index (χ1v) is 7.06. The molecular weight excluding hydrogens is 256 g/mol. The smallest absolute Gasteiger partial charge is 0.270 e. The van der Waals surface area contributed by atoms with E-state index < -0.39 is 4.92 Å². The highest BCUT2D eigenvalue weighted by atomic mass is 16.6. The molecule has 0 saturated heterocycles. The number of carbonyl (C=O) groups is 1. The first-order chi connectivity index (χ1) is 9.58. The monoisotopic (exact) mass is 276 g/mol. The van der Waals surface area contributed by atoms with Crippen LogP contribution >= 0.6 is 0 Å². The number of likely N-dealkylation sites (N-methyl/N-ethyl adjacent to an activating group) is 1. The van der Waals surface area contributed by atoms with Crippen molar-refractivity contribution in [1.82, 2.24) is 4.90 Å². The third-order valence-electron chi connectivity index (χ3n) is 3.97. The molecule has 0 aromatic heterocycles. The number of rotatable bonds is 5. The number of carbonyl (C=O) groups excluding carboxylic acids is 1.